The average molecular weight is 738 g/mol. The van der Waals surface area contributed by atoms with Crippen LogP contribution in [0.5, 0.6) is 0 Å². The number of alkyl halides is 3. The van der Waals surface area contributed by atoms with Gasteiger partial charge < -0.3 is 19.4 Å². The topological polar surface area (TPSA) is 130 Å². The van der Waals surface area contributed by atoms with Gasteiger partial charge in [-0.2, -0.15) is 13.2 Å². The van der Waals surface area contributed by atoms with Crippen molar-refractivity contribution in [1.29, 1.82) is 0 Å². The van der Waals surface area contributed by atoms with E-state index in [2.05, 4.69) is 50.8 Å². The molecule has 0 saturated heterocycles. The zero-order valence-electron chi connectivity index (χ0n) is 29.7. The molecule has 2 fully saturated rings. The lowest BCUT2D eigenvalue weighted by Crippen LogP contribution is -2.39. The zero-order valence-corrected chi connectivity index (χ0v) is 29.7. The number of carboxylic acids is 1. The summed E-state index contributed by atoms with van der Waals surface area (Å²) in [7, 11) is 1.12. The minimum absolute atomic E-state index is 0.0390. The molecule has 54 heavy (non-hydrogen) atoms. The number of H-pyrrole nitrogens is 1. The van der Waals surface area contributed by atoms with Crippen LogP contribution in [-0.2, 0) is 22.5 Å². The summed E-state index contributed by atoms with van der Waals surface area (Å²) in [5, 5.41) is 11.2. The van der Waals surface area contributed by atoms with Crippen LogP contribution in [0, 0.1) is 0 Å². The number of aromatic carboxylic acids is 1. The molecule has 2 N–H and O–H groups in total. The number of ether oxygens (including phenoxy) is 1. The van der Waals surface area contributed by atoms with Crippen LogP contribution in [-0.4, -0.2) is 55.8 Å². The Hall–Kier alpha value is -5.98. The smallest absolute Gasteiger partial charge is 0.472 e. The Morgan fingerprint density at radius 2 is 1.61 bits per heavy atom. The summed E-state index contributed by atoms with van der Waals surface area (Å²) < 4.78 is 47.5. The van der Waals surface area contributed by atoms with E-state index in [1.807, 2.05) is 18.3 Å². The second kappa shape index (κ2) is 14.8. The molecule has 0 radical (unpaired) electrons. The van der Waals surface area contributed by atoms with Crippen molar-refractivity contribution in [3.8, 4) is 0 Å². The van der Waals surface area contributed by atoms with Gasteiger partial charge in [0, 0.05) is 59.6 Å². The van der Waals surface area contributed by atoms with Gasteiger partial charge in [0.2, 0.25) is 0 Å². The summed E-state index contributed by atoms with van der Waals surface area (Å²) in [4.78, 5) is 48.5. The normalized spacial score (nSPS) is 14.1. The fourth-order valence-electron chi connectivity index (χ4n) is 6.80. The summed E-state index contributed by atoms with van der Waals surface area (Å²) in [6, 6.07) is 17.7. The highest BCUT2D eigenvalue weighted by atomic mass is 19.4. The number of carboxylic acid groups (broad SMARTS) is 1. The lowest BCUT2D eigenvalue weighted by atomic mass is 10.00. The van der Waals surface area contributed by atoms with Crippen molar-refractivity contribution in [1.82, 2.24) is 19.5 Å². The van der Waals surface area contributed by atoms with Crippen LogP contribution in [0.2, 0.25) is 0 Å². The second-order valence-electron chi connectivity index (χ2n) is 13.6. The number of nitrogens with zero attached hydrogens (tertiary/aromatic N) is 4. The Kier molecular flexibility index (Phi) is 9.97. The van der Waals surface area contributed by atoms with Crippen LogP contribution in [0.1, 0.15) is 94.0 Å². The number of aromatic amines is 1. The highest BCUT2D eigenvalue weighted by Crippen LogP contribution is 2.43. The predicted molar refractivity (Wildman–Crippen MR) is 197 cm³/mol. The fourth-order valence-corrected chi connectivity index (χ4v) is 6.80. The third-order valence-corrected chi connectivity index (χ3v) is 9.81. The number of halogens is 3. The van der Waals surface area contributed by atoms with E-state index in [-0.39, 0.29) is 17.2 Å². The first-order chi connectivity index (χ1) is 26.0. The first kappa shape index (κ1) is 36.4. The first-order valence-corrected chi connectivity index (χ1v) is 17.8. The molecule has 6 aromatic rings. The van der Waals surface area contributed by atoms with E-state index in [0.717, 1.165) is 62.4 Å². The lowest BCUT2D eigenvalue weighted by Gasteiger charge is -2.25. The SMILES string of the molecule is CCCn1ccc2c(Cc3ncc(C4CC4)cc3C(=O)O)cccc21.COC(=O)c1cc(C2CC2)cnc1N(C(=O)C(F)(F)F)c1cccc2[nH]ccc12. The van der Waals surface area contributed by atoms with Crippen molar-refractivity contribution >= 4 is 51.2 Å². The molecular formula is C41H38F3N5O5. The van der Waals surface area contributed by atoms with Crippen molar-refractivity contribution in [2.24, 2.45) is 0 Å². The van der Waals surface area contributed by atoms with Crippen molar-refractivity contribution in [3.05, 3.63) is 119 Å². The van der Waals surface area contributed by atoms with Gasteiger partial charge in [0.25, 0.3) is 0 Å². The van der Waals surface area contributed by atoms with Crippen molar-refractivity contribution in [2.75, 3.05) is 12.0 Å². The minimum atomic E-state index is -5.18. The van der Waals surface area contributed by atoms with E-state index in [1.165, 1.54) is 35.3 Å². The quantitative estimate of drug-likeness (QED) is 0.134. The van der Waals surface area contributed by atoms with E-state index < -0.39 is 29.8 Å². The van der Waals surface area contributed by atoms with E-state index >= 15 is 0 Å². The van der Waals surface area contributed by atoms with Gasteiger partial charge in [-0.05, 0) is 103 Å². The van der Waals surface area contributed by atoms with Crippen LogP contribution in [0.25, 0.3) is 21.8 Å². The molecular weight excluding hydrogens is 699 g/mol. The fraction of sp³-hybridized carbons (Fsp3) is 0.293. The van der Waals surface area contributed by atoms with E-state index in [0.29, 0.717) is 39.4 Å². The molecule has 0 spiro atoms. The number of amides is 1. The molecule has 0 unspecified atom stereocenters. The Balaban J connectivity index is 0.000000168. The number of rotatable bonds is 10. The number of methoxy groups -OCH3 is 1. The summed E-state index contributed by atoms with van der Waals surface area (Å²) >= 11 is 0. The maximum atomic E-state index is 13.5. The van der Waals surface area contributed by atoms with Crippen molar-refractivity contribution in [3.63, 3.8) is 0 Å². The Morgan fingerprint density at radius 3 is 2.26 bits per heavy atom. The number of hydrogen-bond donors (Lipinski definition) is 2. The van der Waals surface area contributed by atoms with Gasteiger partial charge in [-0.15, -0.1) is 0 Å². The second-order valence-corrected chi connectivity index (χ2v) is 13.6. The number of anilines is 2. The number of carbonyl (C=O) groups is 3. The first-order valence-electron chi connectivity index (χ1n) is 17.8. The number of carbonyl (C=O) groups excluding carboxylic acids is 2. The Morgan fingerprint density at radius 1 is 0.926 bits per heavy atom. The van der Waals surface area contributed by atoms with E-state index in [1.54, 1.807) is 18.3 Å². The van der Waals surface area contributed by atoms with Crippen LogP contribution in [0.3, 0.4) is 0 Å². The highest BCUT2D eigenvalue weighted by Gasteiger charge is 2.46. The van der Waals surface area contributed by atoms with Crippen LogP contribution in [0.4, 0.5) is 24.7 Å². The maximum absolute atomic E-state index is 13.5. The van der Waals surface area contributed by atoms with Crippen LogP contribution >= 0.6 is 0 Å². The number of nitrogens with one attached hydrogen (secondary N) is 1. The maximum Gasteiger partial charge on any atom is 0.472 e. The minimum Gasteiger partial charge on any atom is -0.478 e. The van der Waals surface area contributed by atoms with Gasteiger partial charge >= 0.3 is 24.0 Å². The molecule has 4 heterocycles. The number of aryl methyl sites for hydroxylation is 1. The zero-order chi connectivity index (χ0) is 38.1. The molecule has 0 aliphatic heterocycles. The van der Waals surface area contributed by atoms with Crippen LogP contribution in [0.15, 0.2) is 85.5 Å². The Bertz CT molecular complexity index is 2370. The van der Waals surface area contributed by atoms with Crippen molar-refractivity contribution in [2.45, 2.75) is 70.0 Å². The van der Waals surface area contributed by atoms with Crippen molar-refractivity contribution < 1.29 is 37.4 Å². The predicted octanol–water partition coefficient (Wildman–Crippen LogP) is 9.07. The van der Waals surface area contributed by atoms with E-state index in [9.17, 15) is 32.7 Å². The van der Waals surface area contributed by atoms with Gasteiger partial charge in [0.15, 0.2) is 5.82 Å². The van der Waals surface area contributed by atoms with Gasteiger partial charge in [-0.1, -0.05) is 25.1 Å². The molecule has 2 aromatic carbocycles. The molecule has 0 atom stereocenters. The molecule has 2 aliphatic carbocycles. The molecule has 13 heteroatoms. The summed E-state index contributed by atoms with van der Waals surface area (Å²) in [5.74, 6) is -3.61. The van der Waals surface area contributed by atoms with Gasteiger partial charge in [-0.3, -0.25) is 14.7 Å². The standard InChI is InChI=1S/C21H22N2O2.C20H16F3N3O3/c1-2-9-23-10-8-17-15(4-3-5-20(17)23)12-19-18(21(24)25)11-16(13-22-19)14-6-7-14;1-29-18(27)14-9-12(11-5-6-11)10-25-17(14)26(19(28)20(21,22)23)16-4-2-3-15-13(16)7-8-24-15/h3-5,8,10-11,13-14H,2,6-7,9,12H2,1H3,(H,24,25);2-4,7-11,24H,5-6H2,1H3. The number of esters is 1. The summed E-state index contributed by atoms with van der Waals surface area (Å²) in [6.07, 6.45) is 7.49. The number of benzene rings is 2. The molecule has 4 aromatic heterocycles. The van der Waals surface area contributed by atoms with E-state index in [4.69, 9.17) is 4.74 Å². The average Bonchev–Trinajstić information content (AvgIpc) is 4.10. The molecule has 1 amide bonds. The highest BCUT2D eigenvalue weighted by molar-refractivity contribution is 6.12. The van der Waals surface area contributed by atoms with Gasteiger partial charge in [0.1, 0.15) is 5.56 Å². The monoisotopic (exact) mass is 737 g/mol. The number of fused-ring (bicyclic) bond motifs is 2. The third-order valence-electron chi connectivity index (χ3n) is 9.81. The largest absolute Gasteiger partial charge is 0.478 e. The summed E-state index contributed by atoms with van der Waals surface area (Å²) in [5.41, 5.74) is 5.41. The Labute approximate surface area is 308 Å². The third kappa shape index (κ3) is 7.43. The van der Waals surface area contributed by atoms with Gasteiger partial charge in [-0.25, -0.2) is 14.6 Å². The molecule has 2 aliphatic rings. The number of hydrogen-bond acceptors (Lipinski definition) is 6. The van der Waals surface area contributed by atoms with Crippen LogP contribution < -0.4 is 4.90 Å². The molecule has 0 bridgehead atoms. The number of pyridine rings is 2. The molecule has 8 rings (SSSR count). The number of aromatic nitrogens is 4. The molecule has 2 saturated carbocycles. The van der Waals surface area contributed by atoms with Gasteiger partial charge in [0.05, 0.1) is 24.1 Å². The lowest BCUT2D eigenvalue weighted by molar-refractivity contribution is -0.169. The molecule has 10 nitrogen and oxygen atoms in total. The molecule has 278 valence electrons. The summed E-state index contributed by atoms with van der Waals surface area (Å²) in [6.45, 7) is 3.15.